The Kier molecular flexibility index (Phi) is 5.78. The van der Waals surface area contributed by atoms with Gasteiger partial charge in [-0.25, -0.2) is 0 Å². The standard InChI is InChI=1S/C17H19ClN2O/c1-2-20(12-14-7-4-3-5-8-14)13-17(21)19-16-10-6-9-15(18)11-16/h3-11H,2,12-13H2,1H3,(H,19,21)/p+1. The van der Waals surface area contributed by atoms with Crippen molar-refractivity contribution in [1.82, 2.24) is 0 Å². The highest BCUT2D eigenvalue weighted by Gasteiger charge is 2.13. The van der Waals surface area contributed by atoms with Crippen molar-refractivity contribution in [3.63, 3.8) is 0 Å². The van der Waals surface area contributed by atoms with E-state index in [1.807, 2.05) is 30.3 Å². The number of rotatable bonds is 6. The van der Waals surface area contributed by atoms with Gasteiger partial charge in [0.25, 0.3) is 5.91 Å². The molecule has 1 atom stereocenters. The van der Waals surface area contributed by atoms with Crippen LogP contribution in [0.3, 0.4) is 0 Å². The Balaban J connectivity index is 1.90. The summed E-state index contributed by atoms with van der Waals surface area (Å²) < 4.78 is 0. The summed E-state index contributed by atoms with van der Waals surface area (Å²) in [6, 6.07) is 17.4. The smallest absolute Gasteiger partial charge is 0.279 e. The number of carbonyl (C=O) groups excluding carboxylic acids is 1. The molecule has 0 saturated heterocycles. The molecule has 1 unspecified atom stereocenters. The van der Waals surface area contributed by atoms with Gasteiger partial charge in [0.15, 0.2) is 6.54 Å². The van der Waals surface area contributed by atoms with E-state index in [2.05, 4.69) is 24.4 Å². The van der Waals surface area contributed by atoms with Crippen LogP contribution in [0.2, 0.25) is 5.02 Å². The number of nitrogens with one attached hydrogen (secondary N) is 2. The summed E-state index contributed by atoms with van der Waals surface area (Å²) in [5.41, 5.74) is 1.98. The number of benzene rings is 2. The van der Waals surface area contributed by atoms with Crippen molar-refractivity contribution in [2.24, 2.45) is 0 Å². The zero-order valence-electron chi connectivity index (χ0n) is 12.1. The van der Waals surface area contributed by atoms with Crippen LogP contribution >= 0.6 is 11.6 Å². The lowest BCUT2D eigenvalue weighted by Gasteiger charge is -2.17. The lowest BCUT2D eigenvalue weighted by Crippen LogP contribution is -3.11. The number of likely N-dealkylation sites (N-methyl/N-ethyl adjacent to an activating group) is 1. The number of hydrogen-bond donors (Lipinski definition) is 2. The van der Waals surface area contributed by atoms with E-state index in [1.165, 1.54) is 10.5 Å². The molecule has 110 valence electrons. The van der Waals surface area contributed by atoms with Crippen molar-refractivity contribution in [3.05, 3.63) is 65.2 Å². The van der Waals surface area contributed by atoms with E-state index < -0.39 is 0 Å². The third-order valence-corrected chi connectivity index (χ3v) is 3.55. The predicted octanol–water partition coefficient (Wildman–Crippen LogP) is 2.38. The van der Waals surface area contributed by atoms with Crippen LogP contribution in [0.25, 0.3) is 0 Å². The molecule has 0 radical (unpaired) electrons. The molecule has 2 N–H and O–H groups in total. The highest BCUT2D eigenvalue weighted by atomic mass is 35.5. The van der Waals surface area contributed by atoms with E-state index in [0.717, 1.165) is 18.8 Å². The van der Waals surface area contributed by atoms with Crippen LogP contribution in [0.15, 0.2) is 54.6 Å². The second-order valence-corrected chi connectivity index (χ2v) is 5.44. The van der Waals surface area contributed by atoms with Gasteiger partial charge in [0.05, 0.1) is 6.54 Å². The molecular weight excluding hydrogens is 284 g/mol. The van der Waals surface area contributed by atoms with Crippen molar-refractivity contribution in [2.75, 3.05) is 18.4 Å². The maximum Gasteiger partial charge on any atom is 0.279 e. The first-order valence-electron chi connectivity index (χ1n) is 7.10. The van der Waals surface area contributed by atoms with Gasteiger partial charge >= 0.3 is 0 Å². The van der Waals surface area contributed by atoms with E-state index in [-0.39, 0.29) is 5.91 Å². The van der Waals surface area contributed by atoms with Crippen molar-refractivity contribution in [3.8, 4) is 0 Å². The van der Waals surface area contributed by atoms with E-state index in [9.17, 15) is 4.79 Å². The number of hydrogen-bond acceptors (Lipinski definition) is 1. The van der Waals surface area contributed by atoms with Crippen molar-refractivity contribution in [2.45, 2.75) is 13.5 Å². The molecule has 21 heavy (non-hydrogen) atoms. The third-order valence-electron chi connectivity index (χ3n) is 3.32. The number of amides is 1. The van der Waals surface area contributed by atoms with Gasteiger partial charge in [-0.15, -0.1) is 0 Å². The summed E-state index contributed by atoms with van der Waals surface area (Å²) in [6.45, 7) is 4.28. The largest absolute Gasteiger partial charge is 0.324 e. The Labute approximate surface area is 130 Å². The van der Waals surface area contributed by atoms with Gasteiger partial charge in [-0.3, -0.25) is 4.79 Å². The predicted molar refractivity (Wildman–Crippen MR) is 86.6 cm³/mol. The van der Waals surface area contributed by atoms with Gasteiger partial charge in [0, 0.05) is 16.3 Å². The molecule has 1 amide bonds. The lowest BCUT2D eigenvalue weighted by molar-refractivity contribution is -0.903. The summed E-state index contributed by atoms with van der Waals surface area (Å²) >= 11 is 5.91. The maximum atomic E-state index is 12.1. The second kappa shape index (κ2) is 7.81. The highest BCUT2D eigenvalue weighted by molar-refractivity contribution is 6.30. The van der Waals surface area contributed by atoms with Gasteiger partial charge in [0.1, 0.15) is 6.54 Å². The monoisotopic (exact) mass is 303 g/mol. The first-order chi connectivity index (χ1) is 10.2. The zero-order chi connectivity index (χ0) is 15.1. The van der Waals surface area contributed by atoms with Crippen molar-refractivity contribution in [1.29, 1.82) is 0 Å². The van der Waals surface area contributed by atoms with Crippen LogP contribution < -0.4 is 10.2 Å². The molecule has 0 aliphatic rings. The average Bonchev–Trinajstić information content (AvgIpc) is 2.47. The minimum atomic E-state index is 0.00467. The fraction of sp³-hybridized carbons (Fsp3) is 0.235. The van der Waals surface area contributed by atoms with E-state index in [4.69, 9.17) is 11.6 Å². The average molecular weight is 304 g/mol. The van der Waals surface area contributed by atoms with Gasteiger partial charge < -0.3 is 10.2 Å². The Morgan fingerprint density at radius 1 is 1.14 bits per heavy atom. The summed E-state index contributed by atoms with van der Waals surface area (Å²) in [5.74, 6) is 0.00467. The highest BCUT2D eigenvalue weighted by Crippen LogP contribution is 2.14. The van der Waals surface area contributed by atoms with Crippen molar-refractivity contribution >= 4 is 23.2 Å². The fourth-order valence-corrected chi connectivity index (χ4v) is 2.39. The normalized spacial score (nSPS) is 11.9. The SMILES string of the molecule is CC[NH+](CC(=O)Nc1cccc(Cl)c1)Cc1ccccc1. The molecule has 2 aromatic carbocycles. The molecule has 4 heteroatoms. The molecule has 2 rings (SSSR count). The minimum absolute atomic E-state index is 0.00467. The molecule has 0 aromatic heterocycles. The van der Waals surface area contributed by atoms with E-state index in [1.54, 1.807) is 12.1 Å². The molecular formula is C17H20ClN2O+. The minimum Gasteiger partial charge on any atom is -0.324 e. The topological polar surface area (TPSA) is 33.5 Å². The van der Waals surface area contributed by atoms with Gasteiger partial charge in [-0.1, -0.05) is 48.0 Å². The Morgan fingerprint density at radius 3 is 2.57 bits per heavy atom. The summed E-state index contributed by atoms with van der Waals surface area (Å²) in [5, 5.41) is 3.51. The van der Waals surface area contributed by atoms with Crippen LogP contribution in [0.1, 0.15) is 12.5 Å². The maximum absolute atomic E-state index is 12.1. The van der Waals surface area contributed by atoms with Gasteiger partial charge in [-0.2, -0.15) is 0 Å². The van der Waals surface area contributed by atoms with E-state index >= 15 is 0 Å². The molecule has 0 aliphatic heterocycles. The van der Waals surface area contributed by atoms with Crippen LogP contribution in [-0.4, -0.2) is 19.0 Å². The lowest BCUT2D eigenvalue weighted by atomic mass is 10.2. The van der Waals surface area contributed by atoms with Crippen LogP contribution in [0, 0.1) is 0 Å². The molecule has 2 aromatic rings. The van der Waals surface area contributed by atoms with Gasteiger partial charge in [0.2, 0.25) is 0 Å². The van der Waals surface area contributed by atoms with E-state index in [0.29, 0.717) is 11.6 Å². The number of halogens is 1. The van der Waals surface area contributed by atoms with Gasteiger partial charge in [-0.05, 0) is 25.1 Å². The molecule has 0 spiro atoms. The molecule has 0 saturated carbocycles. The first kappa shape index (κ1) is 15.5. The third kappa shape index (κ3) is 5.21. The summed E-state index contributed by atoms with van der Waals surface area (Å²) in [6.07, 6.45) is 0. The molecule has 0 bridgehead atoms. The Morgan fingerprint density at radius 2 is 1.90 bits per heavy atom. The molecule has 0 aliphatic carbocycles. The Hall–Kier alpha value is -1.84. The molecule has 0 fully saturated rings. The quantitative estimate of drug-likeness (QED) is 0.844. The summed E-state index contributed by atoms with van der Waals surface area (Å²) in [4.78, 5) is 13.3. The van der Waals surface area contributed by atoms with Crippen LogP contribution in [0.4, 0.5) is 5.69 Å². The number of quaternary nitrogens is 1. The number of anilines is 1. The Bertz CT molecular complexity index is 586. The van der Waals surface area contributed by atoms with Crippen molar-refractivity contribution < 1.29 is 9.69 Å². The number of carbonyl (C=O) groups is 1. The van der Waals surface area contributed by atoms with Crippen LogP contribution in [0.5, 0.6) is 0 Å². The zero-order valence-corrected chi connectivity index (χ0v) is 12.9. The fourth-order valence-electron chi connectivity index (χ4n) is 2.20. The molecule has 0 heterocycles. The van der Waals surface area contributed by atoms with Crippen LogP contribution in [-0.2, 0) is 11.3 Å². The first-order valence-corrected chi connectivity index (χ1v) is 7.48. The second-order valence-electron chi connectivity index (χ2n) is 5.00. The molecule has 3 nitrogen and oxygen atoms in total. The summed E-state index contributed by atoms with van der Waals surface area (Å²) in [7, 11) is 0.